The molecule has 0 radical (unpaired) electrons. The molecule has 106 valence electrons. The van der Waals surface area contributed by atoms with Gasteiger partial charge in [0.2, 0.25) is 0 Å². The van der Waals surface area contributed by atoms with Gasteiger partial charge in [0.15, 0.2) is 0 Å². The molecule has 2 rings (SSSR count). The van der Waals surface area contributed by atoms with Crippen molar-refractivity contribution in [1.29, 1.82) is 0 Å². The fourth-order valence-electron chi connectivity index (χ4n) is 1.72. The van der Waals surface area contributed by atoms with Crippen LogP contribution in [0.25, 0.3) is 0 Å². The molecule has 2 N–H and O–H groups in total. The Morgan fingerprint density at radius 1 is 1.20 bits per heavy atom. The summed E-state index contributed by atoms with van der Waals surface area (Å²) < 4.78 is 27.6. The van der Waals surface area contributed by atoms with E-state index in [4.69, 9.17) is 0 Å². The first-order valence-electron chi connectivity index (χ1n) is 6.02. The van der Waals surface area contributed by atoms with Crippen LogP contribution in [0.15, 0.2) is 51.8 Å². The molecule has 0 saturated heterocycles. The monoisotopic (exact) mass is 355 g/mol. The van der Waals surface area contributed by atoms with Crippen LogP contribution in [0.1, 0.15) is 12.5 Å². The number of hydrogen-bond donors (Lipinski definition) is 2. The standard InChI is InChI=1S/C14H14BrNO3S/c1-2-10-6-7-14(17)13(8-10)16-20(18,19)12-5-3-4-11(15)9-12/h3-9,16-17H,2H2,1H3. The van der Waals surface area contributed by atoms with Crippen molar-refractivity contribution in [2.75, 3.05) is 4.72 Å². The van der Waals surface area contributed by atoms with Crippen LogP contribution < -0.4 is 4.72 Å². The number of halogens is 1. The Morgan fingerprint density at radius 3 is 2.60 bits per heavy atom. The quantitative estimate of drug-likeness (QED) is 0.824. The lowest BCUT2D eigenvalue weighted by atomic mass is 10.1. The van der Waals surface area contributed by atoms with E-state index in [-0.39, 0.29) is 16.3 Å². The molecule has 0 unspecified atom stereocenters. The number of hydrogen-bond acceptors (Lipinski definition) is 3. The van der Waals surface area contributed by atoms with Crippen molar-refractivity contribution in [2.45, 2.75) is 18.2 Å². The highest BCUT2D eigenvalue weighted by molar-refractivity contribution is 9.10. The van der Waals surface area contributed by atoms with Gasteiger partial charge in [-0.15, -0.1) is 0 Å². The summed E-state index contributed by atoms with van der Waals surface area (Å²) in [6, 6.07) is 11.3. The molecule has 0 bridgehead atoms. The lowest BCUT2D eigenvalue weighted by Crippen LogP contribution is -2.13. The second kappa shape index (κ2) is 5.85. The molecule has 0 spiro atoms. The highest BCUT2D eigenvalue weighted by Gasteiger charge is 2.16. The number of benzene rings is 2. The smallest absolute Gasteiger partial charge is 0.262 e. The lowest BCUT2D eigenvalue weighted by molar-refractivity contribution is 0.477. The topological polar surface area (TPSA) is 66.4 Å². The van der Waals surface area contributed by atoms with Crippen molar-refractivity contribution >= 4 is 31.6 Å². The molecule has 20 heavy (non-hydrogen) atoms. The number of sulfonamides is 1. The maximum Gasteiger partial charge on any atom is 0.262 e. The van der Waals surface area contributed by atoms with Gasteiger partial charge in [-0.05, 0) is 42.3 Å². The minimum absolute atomic E-state index is 0.0965. The molecule has 2 aromatic rings. The lowest BCUT2D eigenvalue weighted by Gasteiger charge is -2.11. The van der Waals surface area contributed by atoms with E-state index in [0.29, 0.717) is 4.47 Å². The molecule has 0 aliphatic heterocycles. The molecule has 0 amide bonds. The number of anilines is 1. The Hall–Kier alpha value is -1.53. The minimum Gasteiger partial charge on any atom is -0.506 e. The van der Waals surface area contributed by atoms with Crippen LogP contribution in [0.4, 0.5) is 5.69 Å². The predicted octanol–water partition coefficient (Wildman–Crippen LogP) is 3.52. The van der Waals surface area contributed by atoms with E-state index < -0.39 is 10.0 Å². The summed E-state index contributed by atoms with van der Waals surface area (Å²) in [6.45, 7) is 1.96. The summed E-state index contributed by atoms with van der Waals surface area (Å²) in [5.74, 6) is -0.0965. The minimum atomic E-state index is -3.72. The van der Waals surface area contributed by atoms with Crippen LogP contribution in [-0.2, 0) is 16.4 Å². The van der Waals surface area contributed by atoms with Gasteiger partial charge in [-0.25, -0.2) is 8.42 Å². The van der Waals surface area contributed by atoms with E-state index in [2.05, 4.69) is 20.7 Å². The molecular formula is C14H14BrNO3S. The van der Waals surface area contributed by atoms with Gasteiger partial charge in [0.05, 0.1) is 10.6 Å². The summed E-state index contributed by atoms with van der Waals surface area (Å²) in [4.78, 5) is 0.133. The molecule has 4 nitrogen and oxygen atoms in total. The van der Waals surface area contributed by atoms with E-state index in [0.717, 1.165) is 12.0 Å². The van der Waals surface area contributed by atoms with Crippen LogP contribution in [-0.4, -0.2) is 13.5 Å². The Morgan fingerprint density at radius 2 is 1.95 bits per heavy atom. The zero-order chi connectivity index (χ0) is 14.8. The second-order valence-corrected chi connectivity index (χ2v) is 6.87. The van der Waals surface area contributed by atoms with Crippen molar-refractivity contribution in [3.8, 4) is 5.75 Å². The molecule has 0 atom stereocenters. The summed E-state index contributed by atoms with van der Waals surface area (Å²) in [5.41, 5.74) is 1.12. The SMILES string of the molecule is CCc1ccc(O)c(NS(=O)(=O)c2cccc(Br)c2)c1. The number of aromatic hydroxyl groups is 1. The Balaban J connectivity index is 2.38. The summed E-state index contributed by atoms with van der Waals surface area (Å²) in [7, 11) is -3.72. The molecule has 6 heteroatoms. The normalized spacial score (nSPS) is 11.3. The summed E-state index contributed by atoms with van der Waals surface area (Å²) in [5, 5.41) is 9.76. The fraction of sp³-hybridized carbons (Fsp3) is 0.143. The van der Waals surface area contributed by atoms with Crippen LogP contribution >= 0.6 is 15.9 Å². The molecule has 0 saturated carbocycles. The van der Waals surface area contributed by atoms with Gasteiger partial charge >= 0.3 is 0 Å². The Labute approximate surface area is 126 Å². The van der Waals surface area contributed by atoms with Crippen molar-refractivity contribution in [3.63, 3.8) is 0 Å². The number of nitrogens with one attached hydrogen (secondary N) is 1. The molecule has 0 heterocycles. The van der Waals surface area contributed by atoms with Gasteiger partial charge in [0, 0.05) is 4.47 Å². The predicted molar refractivity (Wildman–Crippen MR) is 82.4 cm³/mol. The van der Waals surface area contributed by atoms with Gasteiger partial charge in [-0.1, -0.05) is 35.0 Å². The Bertz CT molecular complexity index is 729. The van der Waals surface area contributed by atoms with Crippen molar-refractivity contribution in [2.24, 2.45) is 0 Å². The third kappa shape index (κ3) is 3.32. The van der Waals surface area contributed by atoms with Gasteiger partial charge in [0.25, 0.3) is 10.0 Å². The first-order valence-corrected chi connectivity index (χ1v) is 8.30. The van der Waals surface area contributed by atoms with Crippen molar-refractivity contribution < 1.29 is 13.5 Å². The second-order valence-electron chi connectivity index (χ2n) is 4.27. The number of phenolic OH excluding ortho intramolecular Hbond substituents is 1. The van der Waals surface area contributed by atoms with E-state index in [1.165, 1.54) is 18.2 Å². The zero-order valence-corrected chi connectivity index (χ0v) is 13.2. The fourth-order valence-corrected chi connectivity index (χ4v) is 3.38. The average Bonchev–Trinajstić information content (AvgIpc) is 2.41. The summed E-state index contributed by atoms with van der Waals surface area (Å²) >= 11 is 3.24. The molecule has 2 aromatic carbocycles. The molecule has 0 aliphatic carbocycles. The molecule has 0 fully saturated rings. The maximum atomic E-state index is 12.3. The first kappa shape index (κ1) is 14.9. The maximum absolute atomic E-state index is 12.3. The zero-order valence-electron chi connectivity index (χ0n) is 10.8. The largest absolute Gasteiger partial charge is 0.506 e. The van der Waals surface area contributed by atoms with Crippen molar-refractivity contribution in [1.82, 2.24) is 0 Å². The van der Waals surface area contributed by atoms with Gasteiger partial charge in [-0.3, -0.25) is 4.72 Å². The third-order valence-corrected chi connectivity index (χ3v) is 4.68. The molecule has 0 aliphatic rings. The molecule has 0 aromatic heterocycles. The number of phenols is 1. The third-order valence-electron chi connectivity index (χ3n) is 2.82. The highest BCUT2D eigenvalue weighted by atomic mass is 79.9. The number of rotatable bonds is 4. The highest BCUT2D eigenvalue weighted by Crippen LogP contribution is 2.27. The van der Waals surface area contributed by atoms with Crippen LogP contribution in [0, 0.1) is 0 Å². The molecular weight excluding hydrogens is 342 g/mol. The van der Waals surface area contributed by atoms with Gasteiger partial charge < -0.3 is 5.11 Å². The van der Waals surface area contributed by atoms with Crippen LogP contribution in [0.2, 0.25) is 0 Å². The first-order chi connectivity index (χ1) is 9.42. The van der Waals surface area contributed by atoms with Gasteiger partial charge in [-0.2, -0.15) is 0 Å². The Kier molecular flexibility index (Phi) is 4.35. The van der Waals surface area contributed by atoms with E-state index in [1.54, 1.807) is 24.3 Å². The summed E-state index contributed by atoms with van der Waals surface area (Å²) in [6.07, 6.45) is 0.756. The van der Waals surface area contributed by atoms with Crippen molar-refractivity contribution in [3.05, 3.63) is 52.5 Å². The van der Waals surface area contributed by atoms with Gasteiger partial charge in [0.1, 0.15) is 5.75 Å². The number of aryl methyl sites for hydroxylation is 1. The van der Waals surface area contributed by atoms with E-state index >= 15 is 0 Å². The van der Waals surface area contributed by atoms with Crippen LogP contribution in [0.3, 0.4) is 0 Å². The van der Waals surface area contributed by atoms with Crippen LogP contribution in [0.5, 0.6) is 5.75 Å². The average molecular weight is 356 g/mol. The van der Waals surface area contributed by atoms with E-state index in [9.17, 15) is 13.5 Å². The van der Waals surface area contributed by atoms with E-state index in [1.807, 2.05) is 6.92 Å².